The highest BCUT2D eigenvalue weighted by atomic mass is 32.2. The minimum Gasteiger partial charge on any atom is -0.484 e. The van der Waals surface area contributed by atoms with Gasteiger partial charge < -0.3 is 14.5 Å². The number of sulfonamides is 1. The van der Waals surface area contributed by atoms with Crippen LogP contribution in [0.25, 0.3) is 0 Å². The second-order valence-electron chi connectivity index (χ2n) is 7.11. The zero-order valence-corrected chi connectivity index (χ0v) is 19.4. The number of benzene rings is 2. The van der Waals surface area contributed by atoms with Gasteiger partial charge in [0.1, 0.15) is 21.8 Å². The first-order chi connectivity index (χ1) is 15.9. The number of nitrogens with zero attached hydrogens (tertiary/aromatic N) is 1. The lowest BCUT2D eigenvalue weighted by Crippen LogP contribution is -2.33. The first kappa shape index (κ1) is 22.6. The Bertz CT molecular complexity index is 1270. The number of ether oxygens (including phenoxy) is 1. The molecule has 9 heteroatoms. The highest BCUT2D eigenvalue weighted by molar-refractivity contribution is 7.94. The fourth-order valence-electron chi connectivity index (χ4n) is 3.21. The third-order valence-corrected chi connectivity index (χ3v) is 8.10. The maximum atomic E-state index is 12.7. The van der Waals surface area contributed by atoms with Crippen LogP contribution in [-0.4, -0.2) is 28.0 Å². The van der Waals surface area contributed by atoms with Crippen molar-refractivity contribution in [2.45, 2.75) is 10.3 Å². The normalized spacial score (nSPS) is 12.2. The summed E-state index contributed by atoms with van der Waals surface area (Å²) in [5.41, 5.74) is 1.38. The van der Waals surface area contributed by atoms with Gasteiger partial charge in [-0.15, -0.1) is 11.3 Å². The molecule has 1 unspecified atom stereocenters. The Morgan fingerprint density at radius 1 is 1.03 bits per heavy atom. The predicted octanol–water partition coefficient (Wildman–Crippen LogP) is 4.45. The molecule has 0 saturated heterocycles. The van der Waals surface area contributed by atoms with Crippen molar-refractivity contribution in [3.8, 4) is 5.75 Å². The van der Waals surface area contributed by atoms with E-state index in [4.69, 9.17) is 9.15 Å². The van der Waals surface area contributed by atoms with Gasteiger partial charge in [0.2, 0.25) is 0 Å². The van der Waals surface area contributed by atoms with Gasteiger partial charge in [-0.25, -0.2) is 8.42 Å². The molecule has 1 N–H and O–H groups in total. The molecular weight excluding hydrogens is 460 g/mol. The van der Waals surface area contributed by atoms with E-state index in [9.17, 15) is 13.2 Å². The molecule has 0 saturated carbocycles. The summed E-state index contributed by atoms with van der Waals surface area (Å²) in [6.45, 7) is -0.202. The van der Waals surface area contributed by atoms with Gasteiger partial charge in [0.15, 0.2) is 6.61 Å². The predicted molar refractivity (Wildman–Crippen MR) is 127 cm³/mol. The van der Waals surface area contributed by atoms with E-state index < -0.39 is 16.1 Å². The second kappa shape index (κ2) is 9.93. The van der Waals surface area contributed by atoms with Crippen molar-refractivity contribution in [3.05, 3.63) is 102 Å². The zero-order valence-electron chi connectivity index (χ0n) is 17.7. The van der Waals surface area contributed by atoms with Crippen LogP contribution in [0.4, 0.5) is 5.69 Å². The van der Waals surface area contributed by atoms with E-state index in [1.54, 1.807) is 60.2 Å². The fourth-order valence-corrected chi connectivity index (χ4v) is 5.56. The molecule has 2 aromatic heterocycles. The summed E-state index contributed by atoms with van der Waals surface area (Å²) >= 11 is 1.16. The van der Waals surface area contributed by atoms with Gasteiger partial charge in [-0.3, -0.25) is 9.10 Å². The highest BCUT2D eigenvalue weighted by Crippen LogP contribution is 2.27. The van der Waals surface area contributed by atoms with Crippen molar-refractivity contribution in [2.24, 2.45) is 0 Å². The number of thiophene rings is 1. The van der Waals surface area contributed by atoms with Gasteiger partial charge in [-0.05, 0) is 53.4 Å². The molecule has 0 radical (unpaired) electrons. The first-order valence-corrected chi connectivity index (χ1v) is 12.4. The molecule has 0 aliphatic heterocycles. The van der Waals surface area contributed by atoms with Crippen LogP contribution in [0.5, 0.6) is 5.75 Å². The molecule has 0 bridgehead atoms. The SMILES string of the molecule is CN(c1ccc(OCC(=O)NC(c2ccccc2)c2ccco2)cc1)S(=O)(=O)c1cccs1. The number of nitrogens with one attached hydrogen (secondary N) is 1. The van der Waals surface area contributed by atoms with Gasteiger partial charge in [0, 0.05) is 7.05 Å². The molecule has 4 aromatic rings. The first-order valence-electron chi connectivity index (χ1n) is 10.1. The summed E-state index contributed by atoms with van der Waals surface area (Å²) in [4.78, 5) is 12.6. The standard InChI is InChI=1S/C24H22N2O5S2/c1-26(33(28,29)23-10-6-16-32-23)19-11-13-20(14-12-19)31-17-22(27)25-24(21-9-5-15-30-21)18-7-3-2-4-8-18/h2-16,24H,17H2,1H3,(H,25,27). The van der Waals surface area contributed by atoms with E-state index in [1.807, 2.05) is 30.3 Å². The summed E-state index contributed by atoms with van der Waals surface area (Å²) in [6, 6.07) is 22.4. The van der Waals surface area contributed by atoms with Crippen molar-refractivity contribution in [1.29, 1.82) is 0 Å². The van der Waals surface area contributed by atoms with Gasteiger partial charge in [-0.1, -0.05) is 36.4 Å². The minimum atomic E-state index is -3.61. The van der Waals surface area contributed by atoms with Gasteiger partial charge in [0.25, 0.3) is 15.9 Å². The molecule has 170 valence electrons. The van der Waals surface area contributed by atoms with E-state index >= 15 is 0 Å². The average molecular weight is 483 g/mol. The number of carbonyl (C=O) groups excluding carboxylic acids is 1. The Hall–Kier alpha value is -3.56. The summed E-state index contributed by atoms with van der Waals surface area (Å²) in [5.74, 6) is 0.751. The Kier molecular flexibility index (Phi) is 6.81. The number of hydrogen-bond acceptors (Lipinski definition) is 6. The van der Waals surface area contributed by atoms with E-state index in [1.165, 1.54) is 11.4 Å². The van der Waals surface area contributed by atoms with Crippen molar-refractivity contribution < 1.29 is 22.4 Å². The Labute approximate surface area is 196 Å². The molecule has 2 aromatic carbocycles. The van der Waals surface area contributed by atoms with E-state index in [2.05, 4.69) is 5.32 Å². The summed E-state index contributed by atoms with van der Waals surface area (Å²) < 4.78 is 37.9. The lowest BCUT2D eigenvalue weighted by atomic mass is 10.0. The lowest BCUT2D eigenvalue weighted by Gasteiger charge is -2.19. The molecule has 0 fully saturated rings. The summed E-state index contributed by atoms with van der Waals surface area (Å²) in [6.07, 6.45) is 1.56. The molecule has 1 amide bonds. The summed E-state index contributed by atoms with van der Waals surface area (Å²) in [7, 11) is -2.11. The van der Waals surface area contributed by atoms with Crippen molar-refractivity contribution in [2.75, 3.05) is 18.0 Å². The molecule has 2 heterocycles. The molecule has 0 aliphatic carbocycles. The van der Waals surface area contributed by atoms with Crippen LogP contribution in [0.2, 0.25) is 0 Å². The summed E-state index contributed by atoms with van der Waals surface area (Å²) in [5, 5.41) is 4.65. The van der Waals surface area contributed by atoms with Crippen molar-refractivity contribution in [1.82, 2.24) is 5.32 Å². The molecule has 33 heavy (non-hydrogen) atoms. The largest absolute Gasteiger partial charge is 0.484 e. The van der Waals surface area contributed by atoms with Crippen LogP contribution >= 0.6 is 11.3 Å². The van der Waals surface area contributed by atoms with Gasteiger partial charge in [0.05, 0.1) is 12.0 Å². The molecular formula is C24H22N2O5S2. The number of carbonyl (C=O) groups is 1. The third kappa shape index (κ3) is 5.27. The van der Waals surface area contributed by atoms with E-state index in [-0.39, 0.29) is 16.7 Å². The number of rotatable bonds is 9. The van der Waals surface area contributed by atoms with Crippen molar-refractivity contribution in [3.63, 3.8) is 0 Å². The van der Waals surface area contributed by atoms with Crippen LogP contribution in [0.15, 0.2) is 99.1 Å². The van der Waals surface area contributed by atoms with E-state index in [0.717, 1.165) is 16.9 Å². The average Bonchev–Trinajstić information content (AvgIpc) is 3.57. The van der Waals surface area contributed by atoms with Crippen LogP contribution in [-0.2, 0) is 14.8 Å². The number of amides is 1. The Balaban J connectivity index is 1.38. The topological polar surface area (TPSA) is 88.8 Å². The number of anilines is 1. The highest BCUT2D eigenvalue weighted by Gasteiger charge is 2.22. The Morgan fingerprint density at radius 2 is 1.79 bits per heavy atom. The Morgan fingerprint density at radius 3 is 2.42 bits per heavy atom. The smallest absolute Gasteiger partial charge is 0.273 e. The van der Waals surface area contributed by atoms with Crippen LogP contribution in [0, 0.1) is 0 Å². The van der Waals surface area contributed by atoms with Gasteiger partial charge in [-0.2, -0.15) is 0 Å². The lowest BCUT2D eigenvalue weighted by molar-refractivity contribution is -0.123. The van der Waals surface area contributed by atoms with Crippen LogP contribution in [0.3, 0.4) is 0 Å². The number of hydrogen-bond donors (Lipinski definition) is 1. The monoisotopic (exact) mass is 482 g/mol. The fraction of sp³-hybridized carbons (Fsp3) is 0.125. The second-order valence-corrected chi connectivity index (χ2v) is 10.3. The molecule has 0 spiro atoms. The van der Waals surface area contributed by atoms with Crippen LogP contribution in [0.1, 0.15) is 17.4 Å². The van der Waals surface area contributed by atoms with Crippen molar-refractivity contribution >= 4 is 33.0 Å². The minimum absolute atomic E-state index is 0.202. The maximum absolute atomic E-state index is 12.7. The maximum Gasteiger partial charge on any atom is 0.273 e. The zero-order chi connectivity index (χ0) is 23.3. The van der Waals surface area contributed by atoms with Crippen LogP contribution < -0.4 is 14.4 Å². The molecule has 0 aliphatic rings. The molecule has 7 nitrogen and oxygen atoms in total. The molecule has 4 rings (SSSR count). The van der Waals surface area contributed by atoms with E-state index in [0.29, 0.717) is 17.2 Å². The molecule has 1 atom stereocenters. The van der Waals surface area contributed by atoms with Gasteiger partial charge >= 0.3 is 0 Å². The number of furan rings is 1. The third-order valence-electron chi connectivity index (χ3n) is 4.95. The quantitative estimate of drug-likeness (QED) is 0.381.